The van der Waals surface area contributed by atoms with Gasteiger partial charge in [-0.05, 0) is 6.42 Å². The first-order valence-corrected chi connectivity index (χ1v) is 9.32. The van der Waals surface area contributed by atoms with Crippen LogP contribution in [0.4, 0.5) is 0 Å². The Balaban J connectivity index is 1.53. The van der Waals surface area contributed by atoms with Crippen LogP contribution in [0.3, 0.4) is 0 Å². The summed E-state index contributed by atoms with van der Waals surface area (Å²) in [6, 6.07) is 0. The van der Waals surface area contributed by atoms with Gasteiger partial charge in [-0.1, -0.05) is 0 Å². The Labute approximate surface area is 154 Å². The number of imidazole rings is 1. The van der Waals surface area contributed by atoms with Crippen LogP contribution in [0.1, 0.15) is 18.7 Å². The zero-order chi connectivity index (χ0) is 18.5. The average molecular weight is 363 g/mol. The minimum absolute atomic E-state index is 0.0719. The van der Waals surface area contributed by atoms with E-state index in [1.54, 1.807) is 19.1 Å². The third-order valence-electron chi connectivity index (χ3n) is 5.29. The minimum atomic E-state index is -0.174. The molecule has 8 heteroatoms. The fraction of sp³-hybridized carbons (Fsp3) is 0.722. The Morgan fingerprint density at radius 3 is 2.88 bits per heavy atom. The third-order valence-corrected chi connectivity index (χ3v) is 5.29. The van der Waals surface area contributed by atoms with Crippen molar-refractivity contribution in [2.75, 3.05) is 53.5 Å². The molecule has 1 aromatic rings. The van der Waals surface area contributed by atoms with E-state index in [4.69, 9.17) is 4.74 Å². The second-order valence-corrected chi connectivity index (χ2v) is 7.16. The van der Waals surface area contributed by atoms with Crippen LogP contribution in [0.2, 0.25) is 0 Å². The van der Waals surface area contributed by atoms with E-state index in [9.17, 15) is 9.59 Å². The fourth-order valence-corrected chi connectivity index (χ4v) is 3.72. The highest BCUT2D eigenvalue weighted by Gasteiger charge is 2.35. The molecule has 0 spiro atoms. The number of methoxy groups -OCH3 is 1. The molecule has 0 radical (unpaired) electrons. The second kappa shape index (κ2) is 8.64. The van der Waals surface area contributed by atoms with Gasteiger partial charge in [-0.25, -0.2) is 4.98 Å². The summed E-state index contributed by atoms with van der Waals surface area (Å²) in [4.78, 5) is 34.9. The highest BCUT2D eigenvalue weighted by Crippen LogP contribution is 2.20. The van der Waals surface area contributed by atoms with E-state index in [2.05, 4.69) is 14.5 Å². The van der Waals surface area contributed by atoms with Gasteiger partial charge in [0.05, 0.1) is 19.1 Å². The fourth-order valence-electron chi connectivity index (χ4n) is 3.72. The van der Waals surface area contributed by atoms with Gasteiger partial charge in [0, 0.05) is 72.2 Å². The van der Waals surface area contributed by atoms with E-state index in [1.165, 1.54) is 0 Å². The summed E-state index contributed by atoms with van der Waals surface area (Å²) >= 11 is 0. The Morgan fingerprint density at radius 2 is 2.15 bits per heavy atom. The van der Waals surface area contributed by atoms with Gasteiger partial charge in [0.1, 0.15) is 5.82 Å². The molecule has 2 amide bonds. The smallest absolute Gasteiger partial charge is 0.228 e. The van der Waals surface area contributed by atoms with Gasteiger partial charge >= 0.3 is 0 Å². The van der Waals surface area contributed by atoms with Crippen LogP contribution in [-0.4, -0.2) is 89.6 Å². The average Bonchev–Trinajstić information content (AvgIpc) is 3.12. The molecule has 0 N–H and O–H groups in total. The van der Waals surface area contributed by atoms with E-state index < -0.39 is 0 Å². The highest BCUT2D eigenvalue weighted by atomic mass is 16.5. The predicted octanol–water partition coefficient (Wildman–Crippen LogP) is 0.0421. The molecule has 26 heavy (non-hydrogen) atoms. The number of nitrogens with zero attached hydrogens (tertiary/aromatic N) is 5. The number of carbonyl (C=O) groups is 2. The summed E-state index contributed by atoms with van der Waals surface area (Å²) in [5.74, 6) is 1.06. The van der Waals surface area contributed by atoms with Crippen LogP contribution in [0.5, 0.6) is 0 Å². The molecule has 0 aromatic carbocycles. The molecular formula is C18H29N5O3. The molecule has 0 saturated carbocycles. The quantitative estimate of drug-likeness (QED) is 0.714. The number of ether oxygens (including phenoxy) is 1. The molecule has 2 aliphatic rings. The first-order chi connectivity index (χ1) is 12.6. The maximum Gasteiger partial charge on any atom is 0.228 e. The first kappa shape index (κ1) is 18.8. The van der Waals surface area contributed by atoms with Gasteiger partial charge in [-0.15, -0.1) is 0 Å². The van der Waals surface area contributed by atoms with E-state index >= 15 is 0 Å². The lowest BCUT2D eigenvalue weighted by Gasteiger charge is -2.24. The molecule has 1 aromatic heterocycles. The van der Waals surface area contributed by atoms with Crippen molar-refractivity contribution in [1.82, 2.24) is 24.3 Å². The molecule has 2 fully saturated rings. The summed E-state index contributed by atoms with van der Waals surface area (Å²) in [7, 11) is 3.47. The number of carbonyl (C=O) groups excluding carboxylic acids is 2. The van der Waals surface area contributed by atoms with E-state index in [0.717, 1.165) is 45.0 Å². The lowest BCUT2D eigenvalue weighted by Crippen LogP contribution is -2.39. The van der Waals surface area contributed by atoms with Crippen molar-refractivity contribution in [1.29, 1.82) is 0 Å². The van der Waals surface area contributed by atoms with E-state index in [1.807, 2.05) is 17.3 Å². The summed E-state index contributed by atoms with van der Waals surface area (Å²) in [5, 5.41) is 0. The van der Waals surface area contributed by atoms with Crippen molar-refractivity contribution >= 4 is 11.8 Å². The Bertz CT molecular complexity index is 632. The molecule has 2 saturated heterocycles. The van der Waals surface area contributed by atoms with E-state index in [0.29, 0.717) is 26.1 Å². The van der Waals surface area contributed by atoms with Crippen LogP contribution in [0.15, 0.2) is 12.4 Å². The molecule has 144 valence electrons. The largest absolute Gasteiger partial charge is 0.383 e. The SMILES string of the molecule is COCCn1ccnc1CN1CCCN(C(=O)C2CC(=O)N(C)C2)CC1. The lowest BCUT2D eigenvalue weighted by atomic mass is 10.1. The van der Waals surface area contributed by atoms with E-state index in [-0.39, 0.29) is 17.7 Å². The molecule has 3 rings (SSSR count). The first-order valence-electron chi connectivity index (χ1n) is 9.32. The third kappa shape index (κ3) is 4.42. The van der Waals surface area contributed by atoms with Crippen LogP contribution < -0.4 is 0 Å². The molecular weight excluding hydrogens is 334 g/mol. The monoisotopic (exact) mass is 363 g/mol. The molecule has 2 aliphatic heterocycles. The van der Waals surface area contributed by atoms with Crippen LogP contribution in [0.25, 0.3) is 0 Å². The van der Waals surface area contributed by atoms with Gasteiger partial charge in [-0.2, -0.15) is 0 Å². The Kier molecular flexibility index (Phi) is 6.26. The van der Waals surface area contributed by atoms with Crippen molar-refractivity contribution < 1.29 is 14.3 Å². The van der Waals surface area contributed by atoms with Crippen LogP contribution in [0, 0.1) is 5.92 Å². The van der Waals surface area contributed by atoms with Crippen molar-refractivity contribution in [2.24, 2.45) is 5.92 Å². The summed E-state index contributed by atoms with van der Waals surface area (Å²) in [6.07, 6.45) is 5.11. The summed E-state index contributed by atoms with van der Waals surface area (Å²) < 4.78 is 7.27. The van der Waals surface area contributed by atoms with Crippen molar-refractivity contribution in [3.8, 4) is 0 Å². The number of hydrogen-bond acceptors (Lipinski definition) is 5. The topological polar surface area (TPSA) is 70.9 Å². The molecule has 0 aliphatic carbocycles. The molecule has 1 atom stereocenters. The number of amides is 2. The van der Waals surface area contributed by atoms with Gasteiger partial charge in [-0.3, -0.25) is 14.5 Å². The number of likely N-dealkylation sites (tertiary alicyclic amines) is 1. The van der Waals surface area contributed by atoms with Crippen molar-refractivity contribution in [3.05, 3.63) is 18.2 Å². The zero-order valence-electron chi connectivity index (χ0n) is 15.8. The zero-order valence-corrected chi connectivity index (χ0v) is 15.8. The standard InChI is InChI=1S/C18H29N5O3/c1-20-13-15(12-17(20)24)18(25)23-6-3-5-21(8-9-23)14-16-19-4-7-22(16)10-11-26-2/h4,7,15H,3,5-6,8-14H2,1-2H3. The summed E-state index contributed by atoms with van der Waals surface area (Å²) in [6.45, 7) is 6.06. The maximum absolute atomic E-state index is 12.7. The Hall–Kier alpha value is -1.93. The lowest BCUT2D eigenvalue weighted by molar-refractivity contribution is -0.135. The molecule has 3 heterocycles. The normalized spacial score (nSPS) is 22.1. The number of aromatic nitrogens is 2. The highest BCUT2D eigenvalue weighted by molar-refractivity contribution is 5.89. The van der Waals surface area contributed by atoms with Gasteiger partial charge in [0.25, 0.3) is 0 Å². The molecule has 8 nitrogen and oxygen atoms in total. The molecule has 1 unspecified atom stereocenters. The van der Waals surface area contributed by atoms with Crippen LogP contribution in [-0.2, 0) is 27.4 Å². The second-order valence-electron chi connectivity index (χ2n) is 7.16. The van der Waals surface area contributed by atoms with Gasteiger partial charge in [0.2, 0.25) is 11.8 Å². The maximum atomic E-state index is 12.7. The number of hydrogen-bond donors (Lipinski definition) is 0. The van der Waals surface area contributed by atoms with Crippen molar-refractivity contribution in [3.63, 3.8) is 0 Å². The summed E-state index contributed by atoms with van der Waals surface area (Å²) in [5.41, 5.74) is 0. The molecule has 0 bridgehead atoms. The van der Waals surface area contributed by atoms with Crippen LogP contribution >= 0.6 is 0 Å². The predicted molar refractivity (Wildman–Crippen MR) is 96.3 cm³/mol. The van der Waals surface area contributed by atoms with Gasteiger partial charge in [0.15, 0.2) is 0 Å². The minimum Gasteiger partial charge on any atom is -0.383 e. The number of rotatable bonds is 6. The Morgan fingerprint density at radius 1 is 1.31 bits per heavy atom. The van der Waals surface area contributed by atoms with Gasteiger partial charge < -0.3 is 19.1 Å². The van der Waals surface area contributed by atoms with Crippen molar-refractivity contribution in [2.45, 2.75) is 25.9 Å².